The predicted molar refractivity (Wildman–Crippen MR) is 84.9 cm³/mol. The minimum atomic E-state index is -0.759. The summed E-state index contributed by atoms with van der Waals surface area (Å²) in [4.78, 5) is 16.2. The van der Waals surface area contributed by atoms with Gasteiger partial charge in [0.2, 0.25) is 0 Å². The summed E-state index contributed by atoms with van der Waals surface area (Å²) in [7, 11) is 0. The number of nitrogens with one attached hydrogen (secondary N) is 1. The van der Waals surface area contributed by atoms with E-state index in [1.807, 2.05) is 42.5 Å². The fourth-order valence-corrected chi connectivity index (χ4v) is 2.26. The zero-order valence-corrected chi connectivity index (χ0v) is 12.7. The molecule has 0 bridgehead atoms. The van der Waals surface area contributed by atoms with Crippen molar-refractivity contribution in [2.45, 2.75) is 12.8 Å². The first-order valence-corrected chi connectivity index (χ1v) is 7.31. The molecule has 3 aromatic rings. The highest BCUT2D eigenvalue weighted by Gasteiger charge is 2.19. The molecule has 0 aliphatic carbocycles. The zero-order valence-electron chi connectivity index (χ0n) is 12.7. The Bertz CT molecular complexity index is 806. The molecular formula is C16H16N4O4. The van der Waals surface area contributed by atoms with Gasteiger partial charge in [-0.1, -0.05) is 47.7 Å². The molecule has 0 aliphatic heterocycles. The van der Waals surface area contributed by atoms with Gasteiger partial charge >= 0.3 is 6.09 Å². The van der Waals surface area contributed by atoms with Gasteiger partial charge in [0.15, 0.2) is 6.17 Å². The summed E-state index contributed by atoms with van der Waals surface area (Å²) >= 11 is 0. The van der Waals surface area contributed by atoms with Gasteiger partial charge in [0, 0.05) is 0 Å². The fraction of sp³-hybridized carbons (Fsp3) is 0.188. The van der Waals surface area contributed by atoms with Crippen LogP contribution in [-0.2, 0) is 16.2 Å². The van der Waals surface area contributed by atoms with E-state index in [0.717, 1.165) is 5.56 Å². The Morgan fingerprint density at radius 1 is 1.17 bits per heavy atom. The number of benzene rings is 2. The van der Waals surface area contributed by atoms with Crippen molar-refractivity contribution in [2.75, 3.05) is 6.61 Å². The lowest BCUT2D eigenvalue weighted by atomic mass is 10.2. The zero-order chi connectivity index (χ0) is 16.8. The van der Waals surface area contributed by atoms with E-state index in [0.29, 0.717) is 11.0 Å². The molecular weight excluding hydrogens is 312 g/mol. The number of fused-ring (bicyclic) bond motifs is 1. The van der Waals surface area contributed by atoms with Crippen LogP contribution >= 0.6 is 0 Å². The lowest BCUT2D eigenvalue weighted by Gasteiger charge is -2.17. The van der Waals surface area contributed by atoms with Gasteiger partial charge in [-0.25, -0.2) is 14.4 Å². The molecule has 8 nitrogen and oxygen atoms in total. The monoisotopic (exact) mass is 328 g/mol. The van der Waals surface area contributed by atoms with E-state index in [-0.39, 0.29) is 13.2 Å². The number of carbonyl (C=O) groups excluding carboxylic acids is 1. The molecule has 1 aromatic heterocycles. The maximum atomic E-state index is 12.0. The van der Waals surface area contributed by atoms with E-state index in [9.17, 15) is 4.79 Å². The van der Waals surface area contributed by atoms with Gasteiger partial charge < -0.3 is 4.74 Å². The molecule has 0 fully saturated rings. The molecule has 1 unspecified atom stereocenters. The van der Waals surface area contributed by atoms with Crippen LogP contribution < -0.4 is 5.32 Å². The Hall–Kier alpha value is -2.97. The highest BCUT2D eigenvalue weighted by atomic mass is 17.1. The van der Waals surface area contributed by atoms with Crippen molar-refractivity contribution in [1.82, 2.24) is 20.3 Å². The van der Waals surface area contributed by atoms with E-state index >= 15 is 0 Å². The van der Waals surface area contributed by atoms with Crippen molar-refractivity contribution < 1.29 is 19.7 Å². The first-order valence-electron chi connectivity index (χ1n) is 7.31. The first-order chi connectivity index (χ1) is 11.8. The van der Waals surface area contributed by atoms with Crippen molar-refractivity contribution in [3.8, 4) is 0 Å². The second-order valence-corrected chi connectivity index (χ2v) is 5.04. The topological polar surface area (TPSA) is 98.5 Å². The molecule has 2 N–H and O–H groups in total. The third kappa shape index (κ3) is 3.67. The van der Waals surface area contributed by atoms with E-state index in [1.165, 1.54) is 4.68 Å². The highest BCUT2D eigenvalue weighted by Crippen LogP contribution is 2.14. The number of ether oxygens (including phenoxy) is 1. The molecule has 0 spiro atoms. The number of alkyl carbamates (subject to hydrolysis) is 1. The molecule has 0 aliphatic rings. The number of rotatable bonds is 6. The summed E-state index contributed by atoms with van der Waals surface area (Å²) in [5, 5.41) is 19.4. The molecule has 3 rings (SSSR count). The number of aromatic nitrogens is 3. The smallest absolute Gasteiger partial charge is 0.409 e. The summed E-state index contributed by atoms with van der Waals surface area (Å²) in [5.41, 5.74) is 2.23. The molecule has 1 atom stereocenters. The van der Waals surface area contributed by atoms with Crippen LogP contribution in [0, 0.1) is 0 Å². The maximum absolute atomic E-state index is 12.0. The van der Waals surface area contributed by atoms with Crippen LogP contribution in [0.4, 0.5) is 4.79 Å². The maximum Gasteiger partial charge on any atom is 0.409 e. The van der Waals surface area contributed by atoms with Gasteiger partial charge in [0.25, 0.3) is 0 Å². The molecule has 0 radical (unpaired) electrons. The molecule has 0 saturated carbocycles. The molecule has 8 heteroatoms. The van der Waals surface area contributed by atoms with Crippen molar-refractivity contribution in [2.24, 2.45) is 0 Å². The fourth-order valence-electron chi connectivity index (χ4n) is 2.26. The number of para-hydroxylation sites is 1. The average molecular weight is 328 g/mol. The van der Waals surface area contributed by atoms with E-state index in [2.05, 4.69) is 20.5 Å². The van der Waals surface area contributed by atoms with Gasteiger partial charge in [-0.3, -0.25) is 10.6 Å². The van der Waals surface area contributed by atoms with E-state index in [4.69, 9.17) is 9.99 Å². The number of amides is 1. The number of carbonyl (C=O) groups is 1. The quantitative estimate of drug-likeness (QED) is 0.532. The molecule has 24 heavy (non-hydrogen) atoms. The van der Waals surface area contributed by atoms with Crippen LogP contribution in [0.1, 0.15) is 11.7 Å². The van der Waals surface area contributed by atoms with Crippen molar-refractivity contribution in [3.63, 3.8) is 0 Å². The molecule has 2 aromatic carbocycles. The summed E-state index contributed by atoms with van der Waals surface area (Å²) in [6.45, 7) is -0.0642. The summed E-state index contributed by atoms with van der Waals surface area (Å²) < 4.78 is 6.62. The van der Waals surface area contributed by atoms with Crippen LogP contribution in [0.25, 0.3) is 11.0 Å². The highest BCUT2D eigenvalue weighted by molar-refractivity contribution is 5.74. The Labute approximate surface area is 137 Å². The van der Waals surface area contributed by atoms with Gasteiger partial charge in [0.1, 0.15) is 18.7 Å². The van der Waals surface area contributed by atoms with Gasteiger partial charge in [-0.05, 0) is 17.7 Å². The predicted octanol–water partition coefficient (Wildman–Crippen LogP) is 2.35. The van der Waals surface area contributed by atoms with Crippen LogP contribution in [0.5, 0.6) is 0 Å². The number of nitrogens with zero attached hydrogens (tertiary/aromatic N) is 3. The standard InChI is InChI=1S/C16H16N4O4/c21-16(23-10-12-6-2-1-3-7-12)17-15(11-24-22)20-14-9-5-4-8-13(14)18-19-20/h1-9,15,22H,10-11H2,(H,17,21). The van der Waals surface area contributed by atoms with Crippen LogP contribution in [0.15, 0.2) is 54.6 Å². The Kier molecular flexibility index (Phi) is 4.99. The lowest BCUT2D eigenvalue weighted by Crippen LogP contribution is -2.36. The van der Waals surface area contributed by atoms with Crippen LogP contribution in [-0.4, -0.2) is 33.0 Å². The Balaban J connectivity index is 1.68. The number of hydrogen-bond acceptors (Lipinski definition) is 6. The lowest BCUT2D eigenvalue weighted by molar-refractivity contribution is -0.250. The summed E-state index contributed by atoms with van der Waals surface area (Å²) in [6, 6.07) is 16.6. The molecule has 1 heterocycles. The third-order valence-electron chi connectivity index (χ3n) is 3.40. The summed E-state index contributed by atoms with van der Waals surface area (Å²) in [5.74, 6) is 0. The van der Waals surface area contributed by atoms with Crippen molar-refractivity contribution in [3.05, 3.63) is 60.2 Å². The molecule has 1 amide bonds. The van der Waals surface area contributed by atoms with Crippen LogP contribution in [0.3, 0.4) is 0 Å². The van der Waals surface area contributed by atoms with Crippen molar-refractivity contribution >= 4 is 17.1 Å². The number of hydrogen-bond donors (Lipinski definition) is 2. The van der Waals surface area contributed by atoms with Gasteiger partial charge in [-0.2, -0.15) is 0 Å². The second kappa shape index (κ2) is 7.53. The van der Waals surface area contributed by atoms with E-state index in [1.54, 1.807) is 12.1 Å². The Morgan fingerprint density at radius 2 is 1.92 bits per heavy atom. The second-order valence-electron chi connectivity index (χ2n) is 5.04. The minimum Gasteiger partial charge on any atom is -0.445 e. The summed E-state index contributed by atoms with van der Waals surface area (Å²) in [6.07, 6.45) is -1.41. The van der Waals surface area contributed by atoms with Gasteiger partial charge in [0.05, 0.1) is 5.52 Å². The first kappa shape index (κ1) is 15.9. The molecule has 124 valence electrons. The largest absolute Gasteiger partial charge is 0.445 e. The SMILES string of the molecule is O=C(NC(COO)n1nnc2ccccc21)OCc1ccccc1. The minimum absolute atomic E-state index is 0.136. The average Bonchev–Trinajstić information content (AvgIpc) is 3.04. The molecule has 0 saturated heterocycles. The Morgan fingerprint density at radius 3 is 2.71 bits per heavy atom. The van der Waals surface area contributed by atoms with Crippen LogP contribution in [0.2, 0.25) is 0 Å². The normalized spacial score (nSPS) is 12.0. The third-order valence-corrected chi connectivity index (χ3v) is 3.40. The van der Waals surface area contributed by atoms with Crippen molar-refractivity contribution in [1.29, 1.82) is 0 Å². The van der Waals surface area contributed by atoms with Gasteiger partial charge in [-0.15, -0.1) is 5.10 Å². The van der Waals surface area contributed by atoms with E-state index < -0.39 is 12.3 Å².